The first kappa shape index (κ1) is 17.9. The maximum absolute atomic E-state index is 11.9. The van der Waals surface area contributed by atoms with Crippen LogP contribution >= 0.6 is 27.3 Å². The third kappa shape index (κ3) is 5.30. The standard InChI is InChI=1S/C16H20BrN3O2S/c1-3-22-15(21)10-20(9-14-8-19-16(18)23-14)11(2)12-5-4-6-13(17)7-12/h4-8,11H,3,9-10H2,1-2H3,(H2,18,19). The number of hydrogen-bond donors (Lipinski definition) is 1. The Morgan fingerprint density at radius 3 is 2.91 bits per heavy atom. The molecule has 1 unspecified atom stereocenters. The highest BCUT2D eigenvalue weighted by molar-refractivity contribution is 9.10. The molecule has 1 heterocycles. The molecule has 0 saturated heterocycles. The average molecular weight is 398 g/mol. The highest BCUT2D eigenvalue weighted by atomic mass is 79.9. The number of hydrogen-bond acceptors (Lipinski definition) is 6. The molecule has 5 nitrogen and oxygen atoms in total. The molecular weight excluding hydrogens is 378 g/mol. The monoisotopic (exact) mass is 397 g/mol. The van der Waals surface area contributed by atoms with Crippen LogP contribution in [-0.2, 0) is 16.1 Å². The van der Waals surface area contributed by atoms with Crippen molar-refractivity contribution in [3.05, 3.63) is 45.4 Å². The number of thiazole rings is 1. The molecular formula is C16H20BrN3O2S. The van der Waals surface area contributed by atoms with Gasteiger partial charge < -0.3 is 10.5 Å². The lowest BCUT2D eigenvalue weighted by Gasteiger charge is -2.28. The quantitative estimate of drug-likeness (QED) is 0.722. The van der Waals surface area contributed by atoms with Gasteiger partial charge in [-0.15, -0.1) is 11.3 Å². The summed E-state index contributed by atoms with van der Waals surface area (Å²) in [5.74, 6) is -0.230. The van der Waals surface area contributed by atoms with E-state index in [-0.39, 0.29) is 18.6 Å². The van der Waals surface area contributed by atoms with Gasteiger partial charge in [0.05, 0.1) is 13.2 Å². The molecule has 0 bridgehead atoms. The second-order valence-electron chi connectivity index (χ2n) is 5.11. The molecule has 0 aliphatic rings. The summed E-state index contributed by atoms with van der Waals surface area (Å²) >= 11 is 4.93. The molecule has 1 aromatic heterocycles. The first-order valence-electron chi connectivity index (χ1n) is 7.35. The summed E-state index contributed by atoms with van der Waals surface area (Å²) in [6.07, 6.45) is 1.76. The number of nitrogens with zero attached hydrogens (tertiary/aromatic N) is 2. The van der Waals surface area contributed by atoms with E-state index in [4.69, 9.17) is 10.5 Å². The summed E-state index contributed by atoms with van der Waals surface area (Å²) in [5, 5.41) is 0.534. The highest BCUT2D eigenvalue weighted by Crippen LogP contribution is 2.26. The average Bonchev–Trinajstić information content (AvgIpc) is 2.91. The molecule has 2 rings (SSSR count). The van der Waals surface area contributed by atoms with E-state index in [2.05, 4.69) is 44.9 Å². The van der Waals surface area contributed by atoms with E-state index < -0.39 is 0 Å². The van der Waals surface area contributed by atoms with Gasteiger partial charge in [0, 0.05) is 28.1 Å². The molecule has 0 spiro atoms. The number of carbonyl (C=O) groups is 1. The number of carbonyl (C=O) groups excluding carboxylic acids is 1. The van der Waals surface area contributed by atoms with Gasteiger partial charge in [0.1, 0.15) is 0 Å². The van der Waals surface area contributed by atoms with Gasteiger partial charge in [-0.3, -0.25) is 9.69 Å². The van der Waals surface area contributed by atoms with E-state index in [1.165, 1.54) is 11.3 Å². The summed E-state index contributed by atoms with van der Waals surface area (Å²) in [6.45, 7) is 5.08. The van der Waals surface area contributed by atoms with Crippen LogP contribution in [0.5, 0.6) is 0 Å². The van der Waals surface area contributed by atoms with Crippen LogP contribution in [-0.4, -0.2) is 29.0 Å². The Balaban J connectivity index is 2.18. The summed E-state index contributed by atoms with van der Waals surface area (Å²) in [6, 6.07) is 8.14. The summed E-state index contributed by atoms with van der Waals surface area (Å²) < 4.78 is 6.11. The Bertz CT molecular complexity index is 662. The number of ether oxygens (including phenoxy) is 1. The van der Waals surface area contributed by atoms with Crippen LogP contribution in [0.4, 0.5) is 5.13 Å². The second kappa shape index (κ2) is 8.42. The molecule has 124 valence electrons. The molecule has 0 amide bonds. The molecule has 0 fully saturated rings. The van der Waals surface area contributed by atoms with Crippen LogP contribution in [0.25, 0.3) is 0 Å². The van der Waals surface area contributed by atoms with E-state index in [0.29, 0.717) is 18.3 Å². The van der Waals surface area contributed by atoms with Gasteiger partial charge in [-0.2, -0.15) is 0 Å². The molecule has 1 aromatic carbocycles. The van der Waals surface area contributed by atoms with Gasteiger partial charge in [-0.1, -0.05) is 28.1 Å². The molecule has 0 aliphatic carbocycles. The number of rotatable bonds is 7. The van der Waals surface area contributed by atoms with Gasteiger partial charge >= 0.3 is 5.97 Å². The minimum Gasteiger partial charge on any atom is -0.465 e. The number of anilines is 1. The van der Waals surface area contributed by atoms with Crippen LogP contribution in [0.2, 0.25) is 0 Å². The topological polar surface area (TPSA) is 68.5 Å². The predicted octanol–water partition coefficient (Wildman–Crippen LogP) is 3.61. The zero-order chi connectivity index (χ0) is 16.8. The van der Waals surface area contributed by atoms with E-state index in [1.54, 1.807) is 6.20 Å². The molecule has 7 heteroatoms. The zero-order valence-corrected chi connectivity index (χ0v) is 15.6. The largest absolute Gasteiger partial charge is 0.465 e. The van der Waals surface area contributed by atoms with Crippen molar-refractivity contribution in [1.29, 1.82) is 0 Å². The normalized spacial score (nSPS) is 12.3. The molecule has 2 aromatic rings. The highest BCUT2D eigenvalue weighted by Gasteiger charge is 2.21. The molecule has 1 atom stereocenters. The van der Waals surface area contributed by atoms with Crippen molar-refractivity contribution in [1.82, 2.24) is 9.88 Å². The minimum atomic E-state index is -0.230. The van der Waals surface area contributed by atoms with Crippen molar-refractivity contribution < 1.29 is 9.53 Å². The number of aromatic nitrogens is 1. The van der Waals surface area contributed by atoms with Crippen LogP contribution in [0.1, 0.15) is 30.3 Å². The Morgan fingerprint density at radius 2 is 2.30 bits per heavy atom. The van der Waals surface area contributed by atoms with Crippen LogP contribution in [0.3, 0.4) is 0 Å². The fourth-order valence-corrected chi connectivity index (χ4v) is 3.40. The minimum absolute atomic E-state index is 0.0558. The maximum Gasteiger partial charge on any atom is 0.320 e. The lowest BCUT2D eigenvalue weighted by molar-refractivity contribution is -0.145. The second-order valence-corrected chi connectivity index (χ2v) is 7.17. The van der Waals surface area contributed by atoms with E-state index in [9.17, 15) is 4.79 Å². The third-order valence-electron chi connectivity index (χ3n) is 3.45. The van der Waals surface area contributed by atoms with E-state index in [0.717, 1.165) is 14.9 Å². The van der Waals surface area contributed by atoms with Crippen molar-refractivity contribution in [3.8, 4) is 0 Å². The van der Waals surface area contributed by atoms with Crippen molar-refractivity contribution in [3.63, 3.8) is 0 Å². The molecule has 0 radical (unpaired) electrons. The number of esters is 1. The fraction of sp³-hybridized carbons (Fsp3) is 0.375. The molecule has 0 saturated carbocycles. The Kier molecular flexibility index (Phi) is 6.56. The number of benzene rings is 1. The summed E-state index contributed by atoms with van der Waals surface area (Å²) in [7, 11) is 0. The zero-order valence-electron chi connectivity index (χ0n) is 13.2. The lowest BCUT2D eigenvalue weighted by Crippen LogP contribution is -2.32. The van der Waals surface area contributed by atoms with E-state index in [1.807, 2.05) is 19.1 Å². The van der Waals surface area contributed by atoms with Crippen LogP contribution in [0.15, 0.2) is 34.9 Å². The number of halogens is 1. The summed E-state index contributed by atoms with van der Waals surface area (Å²) in [4.78, 5) is 19.1. The first-order chi connectivity index (χ1) is 11.0. The number of nitrogen functional groups attached to an aromatic ring is 1. The first-order valence-corrected chi connectivity index (χ1v) is 8.96. The van der Waals surface area contributed by atoms with Gasteiger partial charge in [0.2, 0.25) is 0 Å². The Hall–Kier alpha value is -1.44. The fourth-order valence-electron chi connectivity index (χ4n) is 2.28. The van der Waals surface area contributed by atoms with Crippen molar-refractivity contribution in [2.75, 3.05) is 18.9 Å². The van der Waals surface area contributed by atoms with Crippen LogP contribution in [0, 0.1) is 0 Å². The molecule has 0 aliphatic heterocycles. The smallest absolute Gasteiger partial charge is 0.320 e. The Labute approximate surface area is 148 Å². The summed E-state index contributed by atoms with van der Waals surface area (Å²) in [5.41, 5.74) is 6.83. The van der Waals surface area contributed by atoms with Gasteiger partial charge in [-0.05, 0) is 31.5 Å². The third-order valence-corrected chi connectivity index (χ3v) is 4.75. The molecule has 2 N–H and O–H groups in total. The van der Waals surface area contributed by atoms with Crippen molar-refractivity contribution in [2.45, 2.75) is 26.4 Å². The Morgan fingerprint density at radius 1 is 1.52 bits per heavy atom. The van der Waals surface area contributed by atoms with E-state index >= 15 is 0 Å². The van der Waals surface area contributed by atoms with Crippen molar-refractivity contribution >= 4 is 38.4 Å². The van der Waals surface area contributed by atoms with Gasteiger partial charge in [-0.25, -0.2) is 4.98 Å². The lowest BCUT2D eigenvalue weighted by atomic mass is 10.1. The maximum atomic E-state index is 11.9. The van der Waals surface area contributed by atoms with Crippen molar-refractivity contribution in [2.24, 2.45) is 0 Å². The number of nitrogens with two attached hydrogens (primary N) is 1. The van der Waals surface area contributed by atoms with Crippen LogP contribution < -0.4 is 5.73 Å². The SMILES string of the molecule is CCOC(=O)CN(Cc1cnc(N)s1)C(C)c1cccc(Br)c1. The molecule has 23 heavy (non-hydrogen) atoms. The van der Waals surface area contributed by atoms with Gasteiger partial charge in [0.15, 0.2) is 5.13 Å². The predicted molar refractivity (Wildman–Crippen MR) is 96.1 cm³/mol. The van der Waals surface area contributed by atoms with Gasteiger partial charge in [0.25, 0.3) is 0 Å².